The molecule has 3 aromatic carbocycles. The van der Waals surface area contributed by atoms with Gasteiger partial charge in [0.2, 0.25) is 20.0 Å². The quantitative estimate of drug-likeness (QED) is 0.139. The third-order valence-electron chi connectivity index (χ3n) is 13.9. The first-order valence-electron chi connectivity index (χ1n) is 23.0. The molecule has 1 N–H and O–H groups in total. The maximum Gasteiger partial charge on any atom is 0.410 e. The van der Waals surface area contributed by atoms with Crippen LogP contribution in [-0.4, -0.2) is 105 Å². The number of sulfonamides is 2. The van der Waals surface area contributed by atoms with Crippen LogP contribution in [0.25, 0.3) is 0 Å². The van der Waals surface area contributed by atoms with E-state index < -0.39 is 55.5 Å². The number of carboxylic acids is 1. The number of aliphatic carboxylic acids is 1. The summed E-state index contributed by atoms with van der Waals surface area (Å²) in [6.07, 6.45) is 5.75. The fourth-order valence-electron chi connectivity index (χ4n) is 10.3. The van der Waals surface area contributed by atoms with Gasteiger partial charge in [-0.2, -0.15) is 4.31 Å². The molecule has 15 heteroatoms. The summed E-state index contributed by atoms with van der Waals surface area (Å²) < 4.78 is 79.6. The van der Waals surface area contributed by atoms with Crippen molar-refractivity contribution in [3.63, 3.8) is 0 Å². The van der Waals surface area contributed by atoms with Crippen molar-refractivity contribution in [3.05, 3.63) is 108 Å². The summed E-state index contributed by atoms with van der Waals surface area (Å²) in [6, 6.07) is 24.3. The van der Waals surface area contributed by atoms with Gasteiger partial charge in [0.05, 0.1) is 22.4 Å². The Labute approximate surface area is 379 Å². The number of nitrogens with zero attached hydrogens (tertiary/aromatic N) is 3. The lowest BCUT2D eigenvalue weighted by atomic mass is 9.64. The summed E-state index contributed by atoms with van der Waals surface area (Å²) in [6.45, 7) is 9.93. The number of carbonyl (C=O) groups excluding carboxylic acids is 1. The van der Waals surface area contributed by atoms with Gasteiger partial charge in [0, 0.05) is 56.2 Å². The Morgan fingerprint density at radius 3 is 2.19 bits per heavy atom. The molecule has 0 aliphatic carbocycles. The number of benzene rings is 3. The Hall–Kier alpha value is -4.28. The Kier molecular flexibility index (Phi) is 15.6. The molecule has 3 aromatic rings. The number of amides is 1. The summed E-state index contributed by atoms with van der Waals surface area (Å²) in [5, 5.41) is 8.98. The van der Waals surface area contributed by atoms with Crippen molar-refractivity contribution in [1.29, 1.82) is 0 Å². The van der Waals surface area contributed by atoms with Gasteiger partial charge in [0.25, 0.3) is 0 Å². The minimum atomic E-state index is -3.94. The van der Waals surface area contributed by atoms with Crippen molar-refractivity contribution < 1.29 is 45.7 Å². The molecule has 0 radical (unpaired) electrons. The summed E-state index contributed by atoms with van der Waals surface area (Å²) >= 11 is 0. The maximum absolute atomic E-state index is 14.5. The van der Waals surface area contributed by atoms with Gasteiger partial charge in [0.15, 0.2) is 6.61 Å². The predicted molar refractivity (Wildman–Crippen MR) is 245 cm³/mol. The molecule has 4 fully saturated rings. The topological polar surface area (TPSA) is 160 Å². The molecule has 0 aromatic heterocycles. The number of ether oxygens (including phenoxy) is 3. The normalized spacial score (nSPS) is 24.3. The lowest BCUT2D eigenvalue weighted by molar-refractivity contribution is -0.170. The van der Waals surface area contributed by atoms with E-state index in [4.69, 9.17) is 14.2 Å². The van der Waals surface area contributed by atoms with Gasteiger partial charge >= 0.3 is 12.1 Å². The van der Waals surface area contributed by atoms with Crippen molar-refractivity contribution in [2.45, 2.75) is 113 Å². The van der Waals surface area contributed by atoms with Crippen LogP contribution in [-0.2, 0) is 47.3 Å². The van der Waals surface area contributed by atoms with Crippen LogP contribution in [0.2, 0.25) is 0 Å². The fourth-order valence-corrected chi connectivity index (χ4v) is 13.9. The van der Waals surface area contributed by atoms with Crippen LogP contribution < -0.4 is 4.74 Å². The second kappa shape index (κ2) is 20.9. The van der Waals surface area contributed by atoms with Crippen molar-refractivity contribution in [2.75, 3.05) is 45.9 Å². The van der Waals surface area contributed by atoms with Gasteiger partial charge < -0.3 is 24.2 Å². The molecule has 4 aliphatic heterocycles. The van der Waals surface area contributed by atoms with E-state index in [0.717, 1.165) is 49.7 Å². The summed E-state index contributed by atoms with van der Waals surface area (Å²) in [5.41, 5.74) is 2.80. The largest absolute Gasteiger partial charge is 0.482 e. The van der Waals surface area contributed by atoms with Crippen LogP contribution >= 0.6 is 0 Å². The Balaban J connectivity index is 1.10. The smallest absolute Gasteiger partial charge is 0.410 e. The van der Waals surface area contributed by atoms with E-state index in [1.807, 2.05) is 55.5 Å². The second-order valence-corrected chi connectivity index (χ2v) is 22.5. The number of hydrogen-bond acceptors (Lipinski definition) is 9. The summed E-state index contributed by atoms with van der Waals surface area (Å²) in [5.74, 6) is -0.925. The highest BCUT2D eigenvalue weighted by Crippen LogP contribution is 2.55. The van der Waals surface area contributed by atoms with Gasteiger partial charge in [-0.3, -0.25) is 0 Å². The highest BCUT2D eigenvalue weighted by Gasteiger charge is 2.53. The molecule has 4 heterocycles. The molecular formula is C49H65N3O10S2. The van der Waals surface area contributed by atoms with Crippen molar-refractivity contribution in [1.82, 2.24) is 13.5 Å². The number of hydrogen-bond donors (Lipinski definition) is 1. The van der Waals surface area contributed by atoms with Gasteiger partial charge in [-0.15, -0.1) is 0 Å². The van der Waals surface area contributed by atoms with Crippen LogP contribution in [0.1, 0.15) is 101 Å². The monoisotopic (exact) mass is 919 g/mol. The van der Waals surface area contributed by atoms with Gasteiger partial charge in [-0.05, 0) is 100.0 Å². The number of likely N-dealkylation sites (tertiary alicyclic amines) is 1. The van der Waals surface area contributed by atoms with Crippen LogP contribution in [0.15, 0.2) is 95.9 Å². The van der Waals surface area contributed by atoms with Crippen molar-refractivity contribution >= 4 is 32.1 Å². The Morgan fingerprint density at radius 2 is 1.55 bits per heavy atom. The highest BCUT2D eigenvalue weighted by atomic mass is 32.2. The molecule has 0 bridgehead atoms. The van der Waals surface area contributed by atoms with E-state index in [0.29, 0.717) is 63.2 Å². The molecule has 0 saturated carbocycles. The van der Waals surface area contributed by atoms with E-state index in [-0.39, 0.29) is 48.9 Å². The molecule has 64 heavy (non-hydrogen) atoms. The number of carboxylic acid groups (broad SMARTS) is 1. The maximum atomic E-state index is 14.5. The number of unbranched alkanes of at least 4 members (excludes halogenated alkanes) is 1. The van der Waals surface area contributed by atoms with Crippen LogP contribution in [0.4, 0.5) is 4.79 Å². The van der Waals surface area contributed by atoms with Gasteiger partial charge in [-0.1, -0.05) is 92.6 Å². The van der Waals surface area contributed by atoms with E-state index >= 15 is 0 Å². The first kappa shape index (κ1) is 47.7. The fraction of sp³-hybridized carbons (Fsp3) is 0.551. The van der Waals surface area contributed by atoms with E-state index in [2.05, 4.69) is 25.6 Å². The minimum absolute atomic E-state index is 0.0894. The lowest BCUT2D eigenvalue weighted by Gasteiger charge is -2.54. The van der Waals surface area contributed by atoms with Crippen LogP contribution in [0.3, 0.4) is 0 Å². The van der Waals surface area contributed by atoms with Crippen molar-refractivity contribution in [2.24, 2.45) is 17.3 Å². The molecule has 0 unspecified atom stereocenters. The van der Waals surface area contributed by atoms with Crippen molar-refractivity contribution in [3.8, 4) is 5.75 Å². The SMILES string of the molecule is C=C(C)[C@@H]1C[C@@]2(CCCN(S(=O)(=O)C3CCN(C(=O)OCc4ccccc4)CC3)C2)[C@@H](CCCC)O[C@H]1c1cc(S(=O)(=O)N2CCC(Cc3ccccc3)CC2)ccc1OCC(=O)O. The molecule has 1 spiro atoms. The van der Waals surface area contributed by atoms with Gasteiger partial charge in [0.1, 0.15) is 12.4 Å². The lowest BCUT2D eigenvalue weighted by Crippen LogP contribution is -2.57. The van der Waals surface area contributed by atoms with Crippen LogP contribution in [0, 0.1) is 17.3 Å². The first-order chi connectivity index (χ1) is 30.7. The zero-order valence-corrected chi connectivity index (χ0v) is 38.9. The first-order valence-corrected chi connectivity index (χ1v) is 25.9. The third-order valence-corrected chi connectivity index (χ3v) is 18.2. The third kappa shape index (κ3) is 11.0. The number of piperidine rings is 3. The number of rotatable bonds is 16. The standard InChI is InChI=1S/C49H65N3O10S2/c1-4-5-17-45-49(24-12-25-52(35-49)63(56,57)40-22-26-50(27-23-40)48(55)61-33-39-15-10-7-11-16-39)32-43(36(2)3)47(62-45)42-31-41(18-19-44(42)60-34-46(53)54)64(58,59)51-28-20-38(21-29-51)30-37-13-8-6-9-14-37/h6-11,13-16,18-19,31,38,40,43,45,47H,2,4-5,12,17,20-30,32-35H2,1,3H3,(H,53,54)/t43-,45+,47-,49+/m0/s1. The van der Waals surface area contributed by atoms with Gasteiger partial charge in [-0.25, -0.2) is 30.7 Å². The van der Waals surface area contributed by atoms with E-state index in [1.165, 1.54) is 11.6 Å². The zero-order valence-electron chi connectivity index (χ0n) is 37.3. The molecule has 7 rings (SSSR count). The molecule has 4 atom stereocenters. The predicted octanol–water partition coefficient (Wildman–Crippen LogP) is 8.22. The van der Waals surface area contributed by atoms with E-state index in [9.17, 15) is 31.5 Å². The molecule has 1 amide bonds. The average molecular weight is 920 g/mol. The summed E-state index contributed by atoms with van der Waals surface area (Å²) in [7, 11) is -7.69. The highest BCUT2D eigenvalue weighted by molar-refractivity contribution is 7.89. The Morgan fingerprint density at radius 1 is 0.875 bits per heavy atom. The number of carbonyl (C=O) groups is 2. The minimum Gasteiger partial charge on any atom is -0.482 e. The second-order valence-electron chi connectivity index (χ2n) is 18.3. The average Bonchev–Trinajstić information content (AvgIpc) is 3.30. The molecular weight excluding hydrogens is 855 g/mol. The molecule has 348 valence electrons. The van der Waals surface area contributed by atoms with Crippen LogP contribution in [0.5, 0.6) is 5.75 Å². The molecule has 4 saturated heterocycles. The molecule has 13 nitrogen and oxygen atoms in total. The zero-order chi connectivity index (χ0) is 45.5. The summed E-state index contributed by atoms with van der Waals surface area (Å²) in [4.78, 5) is 26.4. The van der Waals surface area contributed by atoms with E-state index in [1.54, 1.807) is 25.6 Å². The Bertz CT molecular complexity index is 2300. The molecule has 4 aliphatic rings.